The van der Waals surface area contributed by atoms with Crippen molar-refractivity contribution in [2.45, 2.75) is 76.1 Å². The molecule has 9 heteroatoms. The number of aliphatic hydroxyl groups is 1. The van der Waals surface area contributed by atoms with Gasteiger partial charge in [0.1, 0.15) is 22.8 Å². The molecule has 0 amide bonds. The standard InChI is InChI=1S/C24H27F3N4O2/c1-23(33,16-6-5-13-28-15-16)14-18(32)9-2-3-10-21-29-19-11-12-20(24(25,26)27)30-22(19)31(21)17-7-4-8-17/h5-6,11-13,15,17,33H,2-4,7-10,14H2,1H3/t23-/m0/s1. The summed E-state index contributed by atoms with van der Waals surface area (Å²) in [7, 11) is 0. The number of imidazole rings is 1. The molecule has 3 aromatic heterocycles. The number of aryl methyl sites for hydroxylation is 1. The molecule has 6 nitrogen and oxygen atoms in total. The highest BCUT2D eigenvalue weighted by Crippen LogP contribution is 2.37. The quantitative estimate of drug-likeness (QED) is 0.447. The number of rotatable bonds is 9. The highest BCUT2D eigenvalue weighted by Gasteiger charge is 2.34. The van der Waals surface area contributed by atoms with Crippen molar-refractivity contribution in [1.29, 1.82) is 0 Å². The molecule has 3 heterocycles. The van der Waals surface area contributed by atoms with Crippen molar-refractivity contribution >= 4 is 16.9 Å². The van der Waals surface area contributed by atoms with Gasteiger partial charge in [0.2, 0.25) is 0 Å². The summed E-state index contributed by atoms with van der Waals surface area (Å²) in [5.74, 6) is 0.671. The number of ketones is 1. The Labute approximate surface area is 189 Å². The van der Waals surface area contributed by atoms with Gasteiger partial charge in [0.25, 0.3) is 0 Å². The molecule has 1 atom stereocenters. The molecule has 33 heavy (non-hydrogen) atoms. The van der Waals surface area contributed by atoms with Gasteiger partial charge in [-0.3, -0.25) is 9.78 Å². The normalized spacial score (nSPS) is 16.5. The van der Waals surface area contributed by atoms with Crippen LogP contribution < -0.4 is 0 Å². The summed E-state index contributed by atoms with van der Waals surface area (Å²) in [5.41, 5.74) is -0.834. The SMILES string of the molecule is C[C@](O)(CC(=O)CCCCc1nc2ccc(C(F)(F)F)nc2n1C1CCC1)c1cccnc1. The van der Waals surface area contributed by atoms with Crippen molar-refractivity contribution in [3.05, 3.63) is 53.7 Å². The molecule has 0 unspecified atom stereocenters. The first-order chi connectivity index (χ1) is 15.6. The van der Waals surface area contributed by atoms with Gasteiger partial charge >= 0.3 is 6.18 Å². The van der Waals surface area contributed by atoms with Crippen LogP contribution in [0.25, 0.3) is 11.2 Å². The predicted octanol–water partition coefficient (Wildman–Crippen LogP) is 5.15. The molecule has 3 aromatic rings. The van der Waals surface area contributed by atoms with E-state index in [1.165, 1.54) is 6.07 Å². The minimum absolute atomic E-state index is 0.00339. The number of unbranched alkanes of at least 4 members (excludes halogenated alkanes) is 1. The molecule has 1 fully saturated rings. The summed E-state index contributed by atoms with van der Waals surface area (Å²) >= 11 is 0. The smallest absolute Gasteiger partial charge is 0.385 e. The van der Waals surface area contributed by atoms with E-state index in [2.05, 4.69) is 15.0 Å². The Kier molecular flexibility index (Phi) is 6.52. The zero-order valence-electron chi connectivity index (χ0n) is 18.5. The molecule has 1 aliphatic rings. The van der Waals surface area contributed by atoms with E-state index in [1.807, 2.05) is 4.57 Å². The zero-order valence-corrected chi connectivity index (χ0v) is 18.5. The van der Waals surface area contributed by atoms with Crippen LogP contribution in [0.3, 0.4) is 0 Å². The summed E-state index contributed by atoms with van der Waals surface area (Å²) in [6, 6.07) is 5.93. The Morgan fingerprint density at radius 2 is 1.97 bits per heavy atom. The number of halogens is 3. The van der Waals surface area contributed by atoms with E-state index in [0.29, 0.717) is 36.8 Å². The number of aromatic nitrogens is 4. The summed E-state index contributed by atoms with van der Waals surface area (Å²) in [4.78, 5) is 24.9. The van der Waals surface area contributed by atoms with Crippen molar-refractivity contribution in [1.82, 2.24) is 19.5 Å². The van der Waals surface area contributed by atoms with Crippen LogP contribution in [-0.2, 0) is 23.0 Å². The summed E-state index contributed by atoms with van der Waals surface area (Å²) in [5, 5.41) is 10.6. The second kappa shape index (κ2) is 9.21. The number of hydrogen-bond acceptors (Lipinski definition) is 5. The van der Waals surface area contributed by atoms with Crippen LogP contribution >= 0.6 is 0 Å². The Morgan fingerprint density at radius 3 is 2.61 bits per heavy atom. The van der Waals surface area contributed by atoms with Gasteiger partial charge in [0.15, 0.2) is 5.65 Å². The van der Waals surface area contributed by atoms with Gasteiger partial charge in [-0.2, -0.15) is 13.2 Å². The summed E-state index contributed by atoms with van der Waals surface area (Å²) in [6.07, 6.45) is 3.65. The van der Waals surface area contributed by atoms with Crippen LogP contribution in [0.2, 0.25) is 0 Å². The van der Waals surface area contributed by atoms with Crippen molar-refractivity contribution < 1.29 is 23.1 Å². The van der Waals surface area contributed by atoms with Crippen LogP contribution in [0.4, 0.5) is 13.2 Å². The van der Waals surface area contributed by atoms with Crippen LogP contribution in [-0.4, -0.2) is 30.4 Å². The van der Waals surface area contributed by atoms with Gasteiger partial charge in [-0.05, 0) is 57.2 Å². The van der Waals surface area contributed by atoms with Crippen LogP contribution in [0.5, 0.6) is 0 Å². The van der Waals surface area contributed by atoms with E-state index in [9.17, 15) is 23.1 Å². The van der Waals surface area contributed by atoms with Crippen LogP contribution in [0, 0.1) is 0 Å². The molecule has 1 N–H and O–H groups in total. The highest BCUT2D eigenvalue weighted by molar-refractivity contribution is 5.79. The van der Waals surface area contributed by atoms with Crippen molar-refractivity contribution in [2.75, 3.05) is 0 Å². The number of alkyl halides is 3. The minimum atomic E-state index is -4.50. The van der Waals surface area contributed by atoms with E-state index in [-0.39, 0.29) is 23.9 Å². The fourth-order valence-electron chi connectivity index (χ4n) is 4.24. The maximum absolute atomic E-state index is 13.2. The third-order valence-electron chi connectivity index (χ3n) is 6.27. The molecule has 1 aliphatic carbocycles. The zero-order chi connectivity index (χ0) is 23.6. The Hall–Kier alpha value is -2.81. The van der Waals surface area contributed by atoms with E-state index in [4.69, 9.17) is 0 Å². The van der Waals surface area contributed by atoms with E-state index < -0.39 is 17.5 Å². The summed E-state index contributed by atoms with van der Waals surface area (Å²) < 4.78 is 41.3. The second-order valence-corrected chi connectivity index (χ2v) is 8.96. The van der Waals surface area contributed by atoms with E-state index in [0.717, 1.165) is 31.2 Å². The first-order valence-electron chi connectivity index (χ1n) is 11.2. The van der Waals surface area contributed by atoms with Gasteiger partial charge in [-0.15, -0.1) is 0 Å². The lowest BCUT2D eigenvalue weighted by molar-refractivity contribution is -0.141. The largest absolute Gasteiger partial charge is 0.433 e. The third-order valence-corrected chi connectivity index (χ3v) is 6.27. The molecule has 0 spiro atoms. The number of fused-ring (bicyclic) bond motifs is 1. The molecular formula is C24H27F3N4O2. The van der Waals surface area contributed by atoms with Crippen molar-refractivity contribution in [3.8, 4) is 0 Å². The van der Waals surface area contributed by atoms with Gasteiger partial charge in [0, 0.05) is 43.3 Å². The predicted molar refractivity (Wildman–Crippen MR) is 116 cm³/mol. The van der Waals surface area contributed by atoms with Gasteiger partial charge in [0.05, 0.1) is 5.60 Å². The maximum atomic E-state index is 13.2. The molecular weight excluding hydrogens is 433 g/mol. The first kappa shape index (κ1) is 23.4. The van der Waals surface area contributed by atoms with E-state index in [1.54, 1.807) is 31.5 Å². The van der Waals surface area contributed by atoms with Crippen molar-refractivity contribution in [3.63, 3.8) is 0 Å². The lowest BCUT2D eigenvalue weighted by Gasteiger charge is -2.29. The fraction of sp³-hybridized carbons (Fsp3) is 0.500. The van der Waals surface area contributed by atoms with Gasteiger partial charge in [-0.25, -0.2) is 9.97 Å². The van der Waals surface area contributed by atoms with Gasteiger partial charge < -0.3 is 9.67 Å². The lowest BCUT2D eigenvalue weighted by atomic mass is 9.90. The Balaban J connectivity index is 1.39. The van der Waals surface area contributed by atoms with Crippen LogP contribution in [0.1, 0.15) is 75.0 Å². The fourth-order valence-corrected chi connectivity index (χ4v) is 4.24. The second-order valence-electron chi connectivity index (χ2n) is 8.96. The third kappa shape index (κ3) is 5.24. The van der Waals surface area contributed by atoms with Crippen LogP contribution in [0.15, 0.2) is 36.7 Å². The molecule has 1 saturated carbocycles. The number of carbonyl (C=O) groups excluding carboxylic acids is 1. The Bertz CT molecular complexity index is 1120. The number of carbonyl (C=O) groups is 1. The van der Waals surface area contributed by atoms with Crippen molar-refractivity contribution in [2.24, 2.45) is 0 Å². The average molecular weight is 461 g/mol. The molecule has 0 aliphatic heterocycles. The molecule has 0 bridgehead atoms. The number of pyridine rings is 2. The molecule has 176 valence electrons. The molecule has 4 rings (SSSR count). The topological polar surface area (TPSA) is 80.9 Å². The summed E-state index contributed by atoms with van der Waals surface area (Å²) in [6.45, 7) is 1.60. The number of Topliss-reactive ketones (excluding diaryl/α,β-unsaturated/α-hetero) is 1. The molecule has 0 aromatic carbocycles. The number of nitrogens with zero attached hydrogens (tertiary/aromatic N) is 4. The van der Waals surface area contributed by atoms with Gasteiger partial charge in [-0.1, -0.05) is 6.07 Å². The molecule has 0 saturated heterocycles. The highest BCUT2D eigenvalue weighted by atomic mass is 19.4. The van der Waals surface area contributed by atoms with E-state index >= 15 is 0 Å². The number of hydrogen-bond donors (Lipinski definition) is 1. The Morgan fingerprint density at radius 1 is 1.18 bits per heavy atom. The maximum Gasteiger partial charge on any atom is 0.433 e. The lowest BCUT2D eigenvalue weighted by Crippen LogP contribution is -2.25. The minimum Gasteiger partial charge on any atom is -0.385 e. The molecule has 0 radical (unpaired) electrons. The average Bonchev–Trinajstić information content (AvgIpc) is 3.07. The monoisotopic (exact) mass is 460 g/mol. The first-order valence-corrected chi connectivity index (χ1v) is 11.2.